The molecule has 0 aliphatic rings. The van der Waals surface area contributed by atoms with E-state index in [-0.39, 0.29) is 11.5 Å². The number of nitrogens with zero attached hydrogens (tertiary/aromatic N) is 5. The van der Waals surface area contributed by atoms with Crippen molar-refractivity contribution in [1.29, 1.82) is 0 Å². The number of rotatable bonds is 6. The van der Waals surface area contributed by atoms with Crippen molar-refractivity contribution >= 4 is 33.3 Å². The summed E-state index contributed by atoms with van der Waals surface area (Å²) in [6.07, 6.45) is 2.18. The van der Waals surface area contributed by atoms with Crippen LogP contribution in [0, 0.1) is 0 Å². The zero-order chi connectivity index (χ0) is 17.8. The maximum Gasteiger partial charge on any atom is 0.278 e. The first kappa shape index (κ1) is 17.2. The van der Waals surface area contributed by atoms with E-state index in [0.717, 1.165) is 22.5 Å². The summed E-state index contributed by atoms with van der Waals surface area (Å²) < 4.78 is 1.13. The van der Waals surface area contributed by atoms with Crippen LogP contribution in [0.1, 0.15) is 37.7 Å². The lowest BCUT2D eigenvalue weighted by molar-refractivity contribution is -0.119. The lowest BCUT2D eigenvalue weighted by Gasteiger charge is -2.15. The average molecular weight is 358 g/mol. The van der Waals surface area contributed by atoms with Gasteiger partial charge >= 0.3 is 0 Å². The molecular formula is C16H18N6O2S. The van der Waals surface area contributed by atoms with E-state index in [2.05, 4.69) is 32.7 Å². The molecule has 0 saturated carbocycles. The predicted octanol–water partition coefficient (Wildman–Crippen LogP) is 2.19. The van der Waals surface area contributed by atoms with Crippen molar-refractivity contribution in [3.05, 3.63) is 39.6 Å². The number of carbonyl (C=O) groups is 1. The number of fused-ring (bicyclic) bond motifs is 1. The molecule has 0 fully saturated rings. The minimum absolute atomic E-state index is 0.337. The van der Waals surface area contributed by atoms with Gasteiger partial charge < -0.3 is 0 Å². The van der Waals surface area contributed by atoms with Crippen molar-refractivity contribution in [3.8, 4) is 0 Å². The van der Waals surface area contributed by atoms with Crippen LogP contribution in [0.2, 0.25) is 0 Å². The van der Waals surface area contributed by atoms with Gasteiger partial charge in [0, 0.05) is 6.42 Å². The van der Waals surface area contributed by atoms with Gasteiger partial charge in [0.2, 0.25) is 5.13 Å². The van der Waals surface area contributed by atoms with E-state index in [1.54, 1.807) is 24.3 Å². The fourth-order valence-corrected chi connectivity index (χ4v) is 3.33. The smallest absolute Gasteiger partial charge is 0.278 e. The first-order valence-corrected chi connectivity index (χ1v) is 8.93. The third-order valence-electron chi connectivity index (χ3n) is 3.74. The van der Waals surface area contributed by atoms with Gasteiger partial charge in [0.15, 0.2) is 0 Å². The van der Waals surface area contributed by atoms with E-state index < -0.39 is 6.04 Å². The van der Waals surface area contributed by atoms with Crippen molar-refractivity contribution in [2.75, 3.05) is 5.32 Å². The Balaban J connectivity index is 1.87. The van der Waals surface area contributed by atoms with Crippen LogP contribution in [-0.4, -0.2) is 31.1 Å². The number of amides is 1. The SMILES string of the molecule is CCCc1nnc(NC(=O)C(CC)n2nnc3ccccc3c2=O)s1. The van der Waals surface area contributed by atoms with Gasteiger partial charge in [-0.25, -0.2) is 0 Å². The highest BCUT2D eigenvalue weighted by atomic mass is 32.1. The number of hydrogen-bond acceptors (Lipinski definition) is 7. The zero-order valence-electron chi connectivity index (χ0n) is 14.0. The molecule has 2 aromatic heterocycles. The van der Waals surface area contributed by atoms with Gasteiger partial charge in [-0.15, -0.1) is 15.3 Å². The highest BCUT2D eigenvalue weighted by Crippen LogP contribution is 2.19. The Morgan fingerprint density at radius 3 is 2.80 bits per heavy atom. The molecule has 0 saturated heterocycles. The number of benzene rings is 1. The molecule has 0 spiro atoms. The molecule has 1 atom stereocenters. The summed E-state index contributed by atoms with van der Waals surface area (Å²) in [5.74, 6) is -0.353. The minimum atomic E-state index is -0.761. The fraction of sp³-hybridized carbons (Fsp3) is 0.375. The molecular weight excluding hydrogens is 340 g/mol. The van der Waals surface area contributed by atoms with Crippen molar-refractivity contribution in [2.24, 2.45) is 0 Å². The summed E-state index contributed by atoms with van der Waals surface area (Å²) in [5.41, 5.74) is 0.170. The molecule has 0 radical (unpaired) electrons. The molecule has 0 aliphatic carbocycles. The molecule has 1 amide bonds. The number of hydrogen-bond donors (Lipinski definition) is 1. The lowest BCUT2D eigenvalue weighted by atomic mass is 10.2. The van der Waals surface area contributed by atoms with Crippen LogP contribution >= 0.6 is 11.3 Å². The monoisotopic (exact) mass is 358 g/mol. The van der Waals surface area contributed by atoms with Crippen molar-refractivity contribution < 1.29 is 4.79 Å². The second-order valence-electron chi connectivity index (χ2n) is 5.52. The van der Waals surface area contributed by atoms with Gasteiger partial charge in [0.1, 0.15) is 16.6 Å². The Morgan fingerprint density at radius 1 is 1.24 bits per heavy atom. The first-order valence-electron chi connectivity index (χ1n) is 8.11. The lowest BCUT2D eigenvalue weighted by Crippen LogP contribution is -2.35. The quantitative estimate of drug-likeness (QED) is 0.724. The maximum atomic E-state index is 12.6. The first-order chi connectivity index (χ1) is 12.1. The third-order valence-corrected chi connectivity index (χ3v) is 4.64. The summed E-state index contributed by atoms with van der Waals surface area (Å²) >= 11 is 1.34. The Morgan fingerprint density at radius 2 is 2.04 bits per heavy atom. The van der Waals surface area contributed by atoms with E-state index in [1.165, 1.54) is 11.3 Å². The van der Waals surface area contributed by atoms with Gasteiger partial charge in [-0.2, -0.15) is 4.68 Å². The molecule has 3 aromatic rings. The molecule has 25 heavy (non-hydrogen) atoms. The molecule has 1 N–H and O–H groups in total. The van der Waals surface area contributed by atoms with Gasteiger partial charge in [-0.1, -0.05) is 42.5 Å². The molecule has 3 rings (SSSR count). The van der Waals surface area contributed by atoms with Crippen LogP contribution in [0.15, 0.2) is 29.1 Å². The Bertz CT molecular complexity index is 951. The van der Waals surface area contributed by atoms with E-state index in [4.69, 9.17) is 0 Å². The van der Waals surface area contributed by atoms with Gasteiger partial charge in [0.05, 0.1) is 5.39 Å². The zero-order valence-corrected chi connectivity index (χ0v) is 14.8. The molecule has 0 bridgehead atoms. The predicted molar refractivity (Wildman–Crippen MR) is 95.7 cm³/mol. The average Bonchev–Trinajstić information content (AvgIpc) is 3.05. The Hall–Kier alpha value is -2.68. The summed E-state index contributed by atoms with van der Waals surface area (Å²) in [6.45, 7) is 3.87. The van der Waals surface area contributed by atoms with E-state index >= 15 is 0 Å². The third kappa shape index (κ3) is 3.55. The molecule has 1 aromatic carbocycles. The van der Waals surface area contributed by atoms with Crippen LogP contribution in [0.4, 0.5) is 5.13 Å². The maximum absolute atomic E-state index is 12.6. The Kier molecular flexibility index (Phi) is 5.13. The van der Waals surface area contributed by atoms with Crippen molar-refractivity contribution in [3.63, 3.8) is 0 Å². The van der Waals surface area contributed by atoms with Crippen molar-refractivity contribution in [1.82, 2.24) is 25.2 Å². The standard InChI is InChI=1S/C16H18N6O2S/c1-3-7-13-19-20-16(25-13)17-14(23)12(4-2)22-15(24)10-8-5-6-9-11(10)18-21-22/h5-6,8-9,12H,3-4,7H2,1-2H3,(H,17,20,23). The van der Waals surface area contributed by atoms with E-state index in [9.17, 15) is 9.59 Å². The number of carbonyl (C=O) groups excluding carboxylic acids is 1. The fourth-order valence-electron chi connectivity index (χ4n) is 2.48. The molecule has 2 heterocycles. The van der Waals surface area contributed by atoms with Gasteiger partial charge in [-0.05, 0) is 25.0 Å². The molecule has 0 aliphatic heterocycles. The minimum Gasteiger partial charge on any atom is -0.299 e. The second-order valence-corrected chi connectivity index (χ2v) is 6.58. The molecule has 8 nitrogen and oxygen atoms in total. The summed E-state index contributed by atoms with van der Waals surface area (Å²) in [4.78, 5) is 25.2. The number of anilines is 1. The normalized spacial score (nSPS) is 12.2. The van der Waals surface area contributed by atoms with Crippen LogP contribution < -0.4 is 10.9 Å². The number of aromatic nitrogens is 5. The van der Waals surface area contributed by atoms with Gasteiger partial charge in [-0.3, -0.25) is 14.9 Å². The Labute approximate surface area is 147 Å². The number of aryl methyl sites for hydroxylation is 1. The second kappa shape index (κ2) is 7.47. The largest absolute Gasteiger partial charge is 0.299 e. The molecule has 9 heteroatoms. The number of nitrogens with one attached hydrogen (secondary N) is 1. The topological polar surface area (TPSA) is 103 Å². The molecule has 130 valence electrons. The summed E-state index contributed by atoms with van der Waals surface area (Å²) in [5, 5.41) is 20.4. The molecule has 1 unspecified atom stereocenters. The van der Waals surface area contributed by atoms with E-state index in [1.807, 2.05) is 6.92 Å². The van der Waals surface area contributed by atoms with Crippen LogP contribution in [-0.2, 0) is 11.2 Å². The van der Waals surface area contributed by atoms with Crippen LogP contribution in [0.3, 0.4) is 0 Å². The summed E-state index contributed by atoms with van der Waals surface area (Å²) in [6, 6.07) is 6.17. The van der Waals surface area contributed by atoms with E-state index in [0.29, 0.717) is 22.5 Å². The van der Waals surface area contributed by atoms with Gasteiger partial charge in [0.25, 0.3) is 11.5 Å². The van der Waals surface area contributed by atoms with Crippen LogP contribution in [0.5, 0.6) is 0 Å². The van der Waals surface area contributed by atoms with Crippen molar-refractivity contribution in [2.45, 2.75) is 39.2 Å². The highest BCUT2D eigenvalue weighted by Gasteiger charge is 2.23. The van der Waals surface area contributed by atoms with Crippen LogP contribution in [0.25, 0.3) is 10.9 Å². The summed E-state index contributed by atoms with van der Waals surface area (Å²) in [7, 11) is 0. The highest BCUT2D eigenvalue weighted by molar-refractivity contribution is 7.15.